The molecule has 2 amide bonds. The van der Waals surface area contributed by atoms with Gasteiger partial charge in [0.05, 0.1) is 16.7 Å². The molecule has 1 fully saturated rings. The second-order valence-corrected chi connectivity index (χ2v) is 9.53. The highest BCUT2D eigenvalue weighted by Crippen LogP contribution is 2.39. The lowest BCUT2D eigenvalue weighted by Gasteiger charge is -2.39. The molecule has 2 heterocycles. The zero-order valence-corrected chi connectivity index (χ0v) is 18.3. The first-order valence-electron chi connectivity index (χ1n) is 10.2. The molecule has 158 valence electrons. The molecule has 1 aromatic rings. The number of hydrogen-bond acceptors (Lipinski definition) is 4. The van der Waals surface area contributed by atoms with Gasteiger partial charge in [-0.25, -0.2) is 4.99 Å². The van der Waals surface area contributed by atoms with Crippen LogP contribution in [-0.4, -0.2) is 52.2 Å². The molecule has 2 aliphatic rings. The number of imide groups is 1. The fraction of sp³-hybridized carbons (Fsp3) is 0.591. The van der Waals surface area contributed by atoms with Crippen LogP contribution in [0.15, 0.2) is 23.2 Å². The number of rotatable bonds is 5. The third-order valence-corrected chi connectivity index (χ3v) is 6.53. The van der Waals surface area contributed by atoms with Crippen LogP contribution in [0.1, 0.15) is 74.2 Å². The quantitative estimate of drug-likeness (QED) is 0.449. The number of hydrogen-bond donors (Lipinski definition) is 2. The first kappa shape index (κ1) is 21.3. The van der Waals surface area contributed by atoms with Crippen molar-refractivity contribution in [2.75, 3.05) is 13.1 Å². The molecule has 4 N–H and O–H groups in total. The number of nitrogens with zero attached hydrogens (tertiary/aromatic N) is 3. The minimum Gasteiger partial charge on any atom is -0.370 e. The fourth-order valence-electron chi connectivity index (χ4n) is 4.55. The molecule has 7 heteroatoms. The highest BCUT2D eigenvalue weighted by Gasteiger charge is 2.49. The summed E-state index contributed by atoms with van der Waals surface area (Å²) in [7, 11) is 0. The van der Waals surface area contributed by atoms with Gasteiger partial charge in [-0.2, -0.15) is 0 Å². The molecule has 0 spiro atoms. The molecule has 0 radical (unpaired) electrons. The molecule has 0 bridgehead atoms. The number of amides is 2. The Hall–Kier alpha value is -2.41. The van der Waals surface area contributed by atoms with E-state index in [1.165, 1.54) is 4.90 Å². The van der Waals surface area contributed by atoms with Gasteiger partial charge < -0.3 is 16.4 Å². The van der Waals surface area contributed by atoms with Gasteiger partial charge in [0.25, 0.3) is 11.8 Å². The summed E-state index contributed by atoms with van der Waals surface area (Å²) in [5, 5.41) is 0. The van der Waals surface area contributed by atoms with Crippen molar-refractivity contribution in [3.05, 3.63) is 34.9 Å². The van der Waals surface area contributed by atoms with Gasteiger partial charge in [-0.3, -0.25) is 14.5 Å². The Morgan fingerprint density at radius 2 is 1.72 bits per heavy atom. The summed E-state index contributed by atoms with van der Waals surface area (Å²) in [6.45, 7) is 14.0. The molecule has 1 saturated heterocycles. The van der Waals surface area contributed by atoms with Crippen molar-refractivity contribution in [2.45, 2.75) is 65.1 Å². The van der Waals surface area contributed by atoms with E-state index in [2.05, 4.69) is 23.7 Å². The van der Waals surface area contributed by atoms with Gasteiger partial charge in [-0.05, 0) is 78.1 Å². The third-order valence-electron chi connectivity index (χ3n) is 6.53. The summed E-state index contributed by atoms with van der Waals surface area (Å²) in [5.74, 6) is -0.231. The second kappa shape index (κ2) is 7.13. The number of aliphatic imine (C=N–C) groups is 1. The minimum atomic E-state index is -0.691. The molecular formula is C22H33N5O2. The molecule has 0 aliphatic carbocycles. The van der Waals surface area contributed by atoms with E-state index in [1.54, 1.807) is 12.1 Å². The highest BCUT2D eigenvalue weighted by atomic mass is 16.2. The molecule has 0 aromatic heterocycles. The average molecular weight is 400 g/mol. The molecule has 0 saturated carbocycles. The number of fused-ring (bicyclic) bond motifs is 1. The lowest BCUT2D eigenvalue weighted by Crippen LogP contribution is -2.53. The Morgan fingerprint density at radius 3 is 2.28 bits per heavy atom. The first-order valence-corrected chi connectivity index (χ1v) is 10.2. The molecule has 3 rings (SSSR count). The highest BCUT2D eigenvalue weighted by molar-refractivity contribution is 6.22. The summed E-state index contributed by atoms with van der Waals surface area (Å²) >= 11 is 0. The zero-order chi connectivity index (χ0) is 21.7. The molecule has 29 heavy (non-hydrogen) atoms. The van der Waals surface area contributed by atoms with E-state index in [4.69, 9.17) is 11.5 Å². The zero-order valence-electron chi connectivity index (χ0n) is 18.3. The SMILES string of the molecule is CC(C)N1CCC(C(C)(C)N2C(=O)c3ccc(C(C)(C)N=C(N)N)cc3C2=O)C1. The summed E-state index contributed by atoms with van der Waals surface area (Å²) in [5.41, 5.74) is 11.5. The van der Waals surface area contributed by atoms with Crippen molar-refractivity contribution in [3.8, 4) is 0 Å². The lowest BCUT2D eigenvalue weighted by atomic mass is 9.85. The number of carbonyl (C=O) groups is 2. The number of nitrogens with two attached hydrogens (primary N) is 2. The van der Waals surface area contributed by atoms with Crippen LogP contribution >= 0.6 is 0 Å². The van der Waals surface area contributed by atoms with E-state index in [0.717, 1.165) is 25.1 Å². The number of benzene rings is 1. The topological polar surface area (TPSA) is 105 Å². The standard InChI is InChI=1S/C22H33N5O2/c1-13(2)26-10-9-15(12-26)22(5,6)27-18(28)16-8-7-14(11-17(16)19(27)29)21(3,4)25-20(23)24/h7-8,11,13,15H,9-10,12H2,1-6H3,(H4,23,24,25). The van der Waals surface area contributed by atoms with Gasteiger partial charge in [-0.1, -0.05) is 6.07 Å². The molecule has 1 unspecified atom stereocenters. The lowest BCUT2D eigenvalue weighted by molar-refractivity contribution is 0.0365. The van der Waals surface area contributed by atoms with Gasteiger partial charge in [0.1, 0.15) is 0 Å². The molecule has 2 aliphatic heterocycles. The van der Waals surface area contributed by atoms with Crippen molar-refractivity contribution >= 4 is 17.8 Å². The van der Waals surface area contributed by atoms with Gasteiger partial charge in [0.2, 0.25) is 0 Å². The summed E-state index contributed by atoms with van der Waals surface area (Å²) in [6.07, 6.45) is 0.974. The van der Waals surface area contributed by atoms with Crippen LogP contribution in [0.5, 0.6) is 0 Å². The molecule has 1 atom stereocenters. The Balaban J connectivity index is 1.93. The number of guanidine groups is 1. The number of carbonyl (C=O) groups excluding carboxylic acids is 2. The van der Waals surface area contributed by atoms with Crippen LogP contribution in [0.4, 0.5) is 0 Å². The van der Waals surface area contributed by atoms with Crippen molar-refractivity contribution in [1.29, 1.82) is 0 Å². The summed E-state index contributed by atoms with van der Waals surface area (Å²) in [6, 6.07) is 5.76. The monoisotopic (exact) mass is 399 g/mol. The van der Waals surface area contributed by atoms with Gasteiger partial charge in [-0.15, -0.1) is 0 Å². The van der Waals surface area contributed by atoms with E-state index in [0.29, 0.717) is 17.2 Å². The van der Waals surface area contributed by atoms with Crippen LogP contribution < -0.4 is 11.5 Å². The third kappa shape index (κ3) is 3.64. The Labute approximate surface area is 173 Å². The number of likely N-dealkylation sites (tertiary alicyclic amines) is 1. The Kier molecular flexibility index (Phi) is 5.24. The van der Waals surface area contributed by atoms with Crippen molar-refractivity contribution in [1.82, 2.24) is 9.80 Å². The largest absolute Gasteiger partial charge is 0.370 e. The second-order valence-electron chi connectivity index (χ2n) is 9.53. The Bertz CT molecular complexity index is 868. The van der Waals surface area contributed by atoms with Crippen LogP contribution in [0.2, 0.25) is 0 Å². The van der Waals surface area contributed by atoms with E-state index in [1.807, 2.05) is 33.8 Å². The van der Waals surface area contributed by atoms with Crippen molar-refractivity contribution < 1.29 is 9.59 Å². The van der Waals surface area contributed by atoms with Crippen LogP contribution in [0.3, 0.4) is 0 Å². The predicted molar refractivity (Wildman–Crippen MR) is 115 cm³/mol. The van der Waals surface area contributed by atoms with E-state index in [9.17, 15) is 9.59 Å². The maximum absolute atomic E-state index is 13.3. The maximum Gasteiger partial charge on any atom is 0.262 e. The maximum atomic E-state index is 13.3. The summed E-state index contributed by atoms with van der Waals surface area (Å²) < 4.78 is 0. The van der Waals surface area contributed by atoms with Crippen LogP contribution in [-0.2, 0) is 5.54 Å². The predicted octanol–water partition coefficient (Wildman–Crippen LogP) is 2.30. The van der Waals surface area contributed by atoms with Gasteiger partial charge in [0.15, 0.2) is 5.96 Å². The van der Waals surface area contributed by atoms with Crippen molar-refractivity contribution in [2.24, 2.45) is 22.4 Å². The van der Waals surface area contributed by atoms with E-state index < -0.39 is 11.1 Å². The van der Waals surface area contributed by atoms with Crippen molar-refractivity contribution in [3.63, 3.8) is 0 Å². The van der Waals surface area contributed by atoms with Gasteiger partial charge in [0, 0.05) is 18.1 Å². The minimum absolute atomic E-state index is 0.0170. The first-order chi connectivity index (χ1) is 13.4. The Morgan fingerprint density at radius 1 is 1.10 bits per heavy atom. The summed E-state index contributed by atoms with van der Waals surface area (Å²) in [4.78, 5) is 34.6. The van der Waals surface area contributed by atoms with Crippen LogP contribution in [0, 0.1) is 5.92 Å². The van der Waals surface area contributed by atoms with Crippen LogP contribution in [0.25, 0.3) is 0 Å². The van der Waals surface area contributed by atoms with E-state index in [-0.39, 0.29) is 23.7 Å². The average Bonchev–Trinajstić information content (AvgIpc) is 3.19. The van der Waals surface area contributed by atoms with E-state index >= 15 is 0 Å². The van der Waals surface area contributed by atoms with Gasteiger partial charge >= 0.3 is 0 Å². The molecule has 1 aromatic carbocycles. The fourth-order valence-corrected chi connectivity index (χ4v) is 4.55. The molecular weight excluding hydrogens is 366 g/mol. The normalized spacial score (nSPS) is 20.5. The smallest absolute Gasteiger partial charge is 0.262 e. The molecule has 7 nitrogen and oxygen atoms in total.